The molecule has 0 saturated carbocycles. The van der Waals surface area contributed by atoms with Crippen molar-refractivity contribution in [3.05, 3.63) is 23.9 Å². The number of hydrogen-bond donors (Lipinski definition) is 2. The summed E-state index contributed by atoms with van der Waals surface area (Å²) in [5, 5.41) is 3.05. The summed E-state index contributed by atoms with van der Waals surface area (Å²) in [6.45, 7) is 7.48. The summed E-state index contributed by atoms with van der Waals surface area (Å²) in [7, 11) is 0. The second-order valence-electron chi connectivity index (χ2n) is 4.53. The second kappa shape index (κ2) is 13.6. The molecule has 0 saturated heterocycles. The number of nitrogens with two attached hydrogens (primary N) is 1. The standard InChI is InChI=1S/C15H26N4O2.HI/c1-3-9-21-14-7-6-13(11-18-14)12-19-15(16)17-8-5-10-20-4-2;/h6-7,11H,3-5,8-10,12H2,1-2H3,(H3,16,17,19);1H. The van der Waals surface area contributed by atoms with Gasteiger partial charge in [0, 0.05) is 32.0 Å². The Bertz CT molecular complexity index is 413. The van der Waals surface area contributed by atoms with Gasteiger partial charge in [0.15, 0.2) is 5.96 Å². The van der Waals surface area contributed by atoms with Crippen molar-refractivity contribution in [2.75, 3.05) is 26.4 Å². The van der Waals surface area contributed by atoms with Gasteiger partial charge in [-0.3, -0.25) is 0 Å². The number of nitrogens with one attached hydrogen (secondary N) is 1. The maximum absolute atomic E-state index is 5.78. The average Bonchev–Trinajstić information content (AvgIpc) is 2.51. The zero-order valence-electron chi connectivity index (χ0n) is 13.4. The lowest BCUT2D eigenvalue weighted by molar-refractivity contribution is 0.145. The lowest BCUT2D eigenvalue weighted by Gasteiger charge is -2.06. The van der Waals surface area contributed by atoms with E-state index in [1.54, 1.807) is 6.20 Å². The molecule has 0 aliphatic heterocycles. The van der Waals surface area contributed by atoms with Gasteiger partial charge in [0.05, 0.1) is 13.2 Å². The van der Waals surface area contributed by atoms with E-state index in [9.17, 15) is 0 Å². The van der Waals surface area contributed by atoms with Gasteiger partial charge in [-0.1, -0.05) is 13.0 Å². The molecule has 0 amide bonds. The van der Waals surface area contributed by atoms with Gasteiger partial charge in [-0.05, 0) is 25.3 Å². The van der Waals surface area contributed by atoms with E-state index in [0.29, 0.717) is 25.0 Å². The summed E-state index contributed by atoms with van der Waals surface area (Å²) in [4.78, 5) is 8.49. The van der Waals surface area contributed by atoms with Crippen LogP contribution in [0.4, 0.5) is 0 Å². The van der Waals surface area contributed by atoms with Crippen LogP contribution in [0.25, 0.3) is 0 Å². The Hall–Kier alpha value is -1.09. The third-order valence-corrected chi connectivity index (χ3v) is 2.66. The predicted molar refractivity (Wildman–Crippen MR) is 99.9 cm³/mol. The molecule has 1 aromatic rings. The zero-order chi connectivity index (χ0) is 15.3. The number of guanidine groups is 1. The number of aliphatic imine (C=N–C) groups is 1. The molecular weight excluding hydrogens is 395 g/mol. The second-order valence-corrected chi connectivity index (χ2v) is 4.53. The fourth-order valence-corrected chi connectivity index (χ4v) is 1.56. The lowest BCUT2D eigenvalue weighted by atomic mass is 10.3. The molecule has 126 valence electrons. The first-order valence-electron chi connectivity index (χ1n) is 7.45. The Balaban J connectivity index is 0.00000441. The molecule has 3 N–H and O–H groups in total. The van der Waals surface area contributed by atoms with Gasteiger partial charge in [-0.25, -0.2) is 9.98 Å². The third kappa shape index (κ3) is 9.78. The number of nitrogens with zero attached hydrogens (tertiary/aromatic N) is 2. The Morgan fingerprint density at radius 1 is 1.32 bits per heavy atom. The molecular formula is C15H27IN4O2. The van der Waals surface area contributed by atoms with E-state index in [1.165, 1.54) is 0 Å². The Morgan fingerprint density at radius 3 is 2.77 bits per heavy atom. The van der Waals surface area contributed by atoms with Crippen LogP contribution in [0.2, 0.25) is 0 Å². The highest BCUT2D eigenvalue weighted by Crippen LogP contribution is 2.08. The average molecular weight is 422 g/mol. The van der Waals surface area contributed by atoms with Crippen molar-refractivity contribution < 1.29 is 9.47 Å². The molecule has 0 atom stereocenters. The van der Waals surface area contributed by atoms with E-state index < -0.39 is 0 Å². The summed E-state index contributed by atoms with van der Waals surface area (Å²) in [6, 6.07) is 3.80. The van der Waals surface area contributed by atoms with Gasteiger partial charge < -0.3 is 20.5 Å². The lowest BCUT2D eigenvalue weighted by Crippen LogP contribution is -2.32. The van der Waals surface area contributed by atoms with E-state index in [1.807, 2.05) is 19.1 Å². The topological polar surface area (TPSA) is 81.8 Å². The molecule has 0 fully saturated rings. The largest absolute Gasteiger partial charge is 0.478 e. The highest BCUT2D eigenvalue weighted by atomic mass is 127. The minimum Gasteiger partial charge on any atom is -0.478 e. The molecule has 0 unspecified atom stereocenters. The maximum atomic E-state index is 5.78. The molecule has 1 aromatic heterocycles. The number of rotatable bonds is 10. The van der Waals surface area contributed by atoms with Gasteiger partial charge in [0.25, 0.3) is 0 Å². The molecule has 1 rings (SSSR count). The number of ether oxygens (including phenoxy) is 2. The van der Waals surface area contributed by atoms with Crippen LogP contribution >= 0.6 is 24.0 Å². The van der Waals surface area contributed by atoms with Crippen molar-refractivity contribution in [1.82, 2.24) is 10.3 Å². The van der Waals surface area contributed by atoms with Crippen LogP contribution in [0.1, 0.15) is 32.3 Å². The van der Waals surface area contributed by atoms with Crippen molar-refractivity contribution in [2.45, 2.75) is 33.2 Å². The molecule has 1 heterocycles. The number of halogens is 1. The highest BCUT2D eigenvalue weighted by Gasteiger charge is 1.97. The van der Waals surface area contributed by atoms with Gasteiger partial charge in [-0.15, -0.1) is 24.0 Å². The molecule has 22 heavy (non-hydrogen) atoms. The summed E-state index contributed by atoms with van der Waals surface area (Å²) in [5.74, 6) is 1.09. The predicted octanol–water partition coefficient (Wildman–Crippen LogP) is 2.32. The Kier molecular flexibility index (Phi) is 12.9. The number of pyridine rings is 1. The summed E-state index contributed by atoms with van der Waals surface area (Å²) >= 11 is 0. The maximum Gasteiger partial charge on any atom is 0.213 e. The van der Waals surface area contributed by atoms with Crippen LogP contribution in [0, 0.1) is 0 Å². The van der Waals surface area contributed by atoms with Crippen molar-refractivity contribution in [1.29, 1.82) is 0 Å². The van der Waals surface area contributed by atoms with Crippen LogP contribution in [0.15, 0.2) is 23.3 Å². The van der Waals surface area contributed by atoms with Crippen molar-refractivity contribution in [2.24, 2.45) is 10.7 Å². The van der Waals surface area contributed by atoms with E-state index >= 15 is 0 Å². The SMILES string of the molecule is CCCOc1ccc(CN=C(N)NCCCOCC)cn1.I. The Morgan fingerprint density at radius 2 is 2.14 bits per heavy atom. The normalized spacial score (nSPS) is 10.9. The van der Waals surface area contributed by atoms with E-state index in [-0.39, 0.29) is 24.0 Å². The van der Waals surface area contributed by atoms with E-state index in [4.69, 9.17) is 15.2 Å². The molecule has 0 radical (unpaired) electrons. The van der Waals surface area contributed by atoms with Crippen LogP contribution in [-0.4, -0.2) is 37.3 Å². The zero-order valence-corrected chi connectivity index (χ0v) is 15.7. The van der Waals surface area contributed by atoms with Crippen molar-refractivity contribution in [3.8, 4) is 5.88 Å². The monoisotopic (exact) mass is 422 g/mol. The van der Waals surface area contributed by atoms with Gasteiger partial charge in [0.1, 0.15) is 0 Å². The smallest absolute Gasteiger partial charge is 0.213 e. The highest BCUT2D eigenvalue weighted by molar-refractivity contribution is 14.0. The molecule has 0 aromatic carbocycles. The van der Waals surface area contributed by atoms with Gasteiger partial charge in [-0.2, -0.15) is 0 Å². The third-order valence-electron chi connectivity index (χ3n) is 2.66. The summed E-state index contributed by atoms with van der Waals surface area (Å²) < 4.78 is 10.7. The summed E-state index contributed by atoms with van der Waals surface area (Å²) in [5.41, 5.74) is 6.78. The quantitative estimate of drug-likeness (QED) is 0.262. The van der Waals surface area contributed by atoms with E-state index in [2.05, 4.69) is 22.2 Å². The fraction of sp³-hybridized carbons (Fsp3) is 0.600. The summed E-state index contributed by atoms with van der Waals surface area (Å²) in [6.07, 6.45) is 3.64. The molecule has 0 spiro atoms. The number of hydrogen-bond acceptors (Lipinski definition) is 4. The molecule has 6 nitrogen and oxygen atoms in total. The first-order valence-corrected chi connectivity index (χ1v) is 7.45. The van der Waals surface area contributed by atoms with Gasteiger partial charge in [0.2, 0.25) is 5.88 Å². The van der Waals surface area contributed by atoms with Gasteiger partial charge >= 0.3 is 0 Å². The van der Waals surface area contributed by atoms with Crippen LogP contribution < -0.4 is 15.8 Å². The Labute approximate surface area is 149 Å². The van der Waals surface area contributed by atoms with Crippen LogP contribution in [-0.2, 0) is 11.3 Å². The van der Waals surface area contributed by atoms with Crippen molar-refractivity contribution >= 4 is 29.9 Å². The van der Waals surface area contributed by atoms with Crippen LogP contribution in [0.5, 0.6) is 5.88 Å². The minimum absolute atomic E-state index is 0. The van der Waals surface area contributed by atoms with Crippen molar-refractivity contribution in [3.63, 3.8) is 0 Å². The molecule has 0 aliphatic carbocycles. The first-order chi connectivity index (χ1) is 10.3. The fourth-order valence-electron chi connectivity index (χ4n) is 1.56. The van der Waals surface area contributed by atoms with E-state index in [0.717, 1.165) is 38.2 Å². The first kappa shape index (κ1) is 20.9. The molecule has 0 aliphatic rings. The number of aromatic nitrogens is 1. The molecule has 0 bridgehead atoms. The van der Waals surface area contributed by atoms with Crippen LogP contribution in [0.3, 0.4) is 0 Å². The minimum atomic E-state index is 0. The molecule has 7 heteroatoms.